The van der Waals surface area contributed by atoms with Gasteiger partial charge in [-0.25, -0.2) is 0 Å². The monoisotopic (exact) mass is 232 g/mol. The van der Waals surface area contributed by atoms with Crippen molar-refractivity contribution in [3.05, 3.63) is 35.4 Å². The molecule has 0 atom stereocenters. The lowest BCUT2D eigenvalue weighted by Gasteiger charge is -2.02. The van der Waals surface area contributed by atoms with Crippen molar-refractivity contribution in [3.63, 3.8) is 0 Å². The van der Waals surface area contributed by atoms with Crippen LogP contribution in [0.5, 0.6) is 0 Å². The van der Waals surface area contributed by atoms with Crippen molar-refractivity contribution in [1.29, 1.82) is 0 Å². The number of aryl methyl sites for hydroxylation is 1. The second-order valence-corrected chi connectivity index (χ2v) is 4.54. The van der Waals surface area contributed by atoms with Crippen LogP contribution in [0, 0.1) is 0 Å². The molecule has 0 saturated heterocycles. The van der Waals surface area contributed by atoms with E-state index in [0.29, 0.717) is 5.56 Å². The quantitative estimate of drug-likeness (QED) is 0.624. The Labute approximate surface area is 104 Å². The topological polar surface area (TPSA) is 40.9 Å². The van der Waals surface area contributed by atoms with Crippen molar-refractivity contribution < 1.29 is 4.79 Å². The van der Waals surface area contributed by atoms with Gasteiger partial charge in [0.25, 0.3) is 5.91 Å². The second-order valence-electron chi connectivity index (χ2n) is 4.54. The van der Waals surface area contributed by atoms with E-state index >= 15 is 0 Å². The summed E-state index contributed by atoms with van der Waals surface area (Å²) in [7, 11) is 0. The Hall–Kier alpha value is -1.31. The maximum atomic E-state index is 10.8. The van der Waals surface area contributed by atoms with Gasteiger partial charge >= 0.3 is 0 Å². The summed E-state index contributed by atoms with van der Waals surface area (Å²) >= 11 is 0. The standard InChI is InChI=1S/C15H22NO/c1-2-3-4-5-6-7-8-13-9-11-14(12-10-13)15(16)17/h9-12,16H,2-8H2,1H3. The zero-order chi connectivity index (χ0) is 12.5. The molecule has 0 aliphatic rings. The first-order chi connectivity index (χ1) is 8.24. The molecule has 0 fully saturated rings. The summed E-state index contributed by atoms with van der Waals surface area (Å²) in [6, 6.07) is 7.44. The molecule has 0 spiro atoms. The number of carbonyl (C=O) groups is 1. The minimum Gasteiger partial charge on any atom is -0.267 e. The van der Waals surface area contributed by atoms with Gasteiger partial charge in [0, 0.05) is 5.56 Å². The van der Waals surface area contributed by atoms with Gasteiger partial charge in [-0.1, -0.05) is 51.2 Å². The average molecular weight is 232 g/mol. The van der Waals surface area contributed by atoms with Crippen molar-refractivity contribution in [3.8, 4) is 0 Å². The molecule has 1 aromatic rings. The van der Waals surface area contributed by atoms with Crippen LogP contribution in [0.15, 0.2) is 24.3 Å². The fourth-order valence-corrected chi connectivity index (χ4v) is 1.93. The molecule has 0 aliphatic carbocycles. The van der Waals surface area contributed by atoms with E-state index < -0.39 is 5.91 Å². The minimum absolute atomic E-state index is 0.483. The Morgan fingerprint density at radius 2 is 1.59 bits per heavy atom. The van der Waals surface area contributed by atoms with E-state index in [2.05, 4.69) is 6.92 Å². The van der Waals surface area contributed by atoms with Gasteiger partial charge in [0.2, 0.25) is 0 Å². The van der Waals surface area contributed by atoms with Crippen LogP contribution < -0.4 is 5.73 Å². The molecule has 0 aromatic heterocycles. The van der Waals surface area contributed by atoms with E-state index in [-0.39, 0.29) is 0 Å². The fraction of sp³-hybridized carbons (Fsp3) is 0.533. The lowest BCUT2D eigenvalue weighted by molar-refractivity contribution is 0.0992. The number of unbranched alkanes of at least 4 members (excludes halogenated alkanes) is 5. The van der Waals surface area contributed by atoms with Crippen LogP contribution in [0.4, 0.5) is 0 Å². The van der Waals surface area contributed by atoms with E-state index in [1.54, 1.807) is 12.1 Å². The minimum atomic E-state index is -0.601. The molecule has 2 nitrogen and oxygen atoms in total. The molecule has 1 N–H and O–H groups in total. The van der Waals surface area contributed by atoms with Gasteiger partial charge in [0.05, 0.1) is 0 Å². The van der Waals surface area contributed by atoms with Crippen LogP contribution in [0.25, 0.3) is 0 Å². The van der Waals surface area contributed by atoms with Gasteiger partial charge in [0.15, 0.2) is 0 Å². The molecule has 0 bridgehead atoms. The number of rotatable bonds is 8. The first kappa shape index (κ1) is 13.8. The lowest BCUT2D eigenvalue weighted by Crippen LogP contribution is -1.98. The van der Waals surface area contributed by atoms with Crippen molar-refractivity contribution >= 4 is 5.91 Å². The van der Waals surface area contributed by atoms with E-state index in [1.165, 1.54) is 44.1 Å². The molecule has 2 heteroatoms. The highest BCUT2D eigenvalue weighted by atomic mass is 16.1. The maximum Gasteiger partial charge on any atom is 0.269 e. The number of hydrogen-bond acceptors (Lipinski definition) is 1. The van der Waals surface area contributed by atoms with Crippen LogP contribution in [-0.2, 0) is 6.42 Å². The Bertz CT molecular complexity index is 329. The van der Waals surface area contributed by atoms with Gasteiger partial charge < -0.3 is 0 Å². The van der Waals surface area contributed by atoms with E-state index in [9.17, 15) is 4.79 Å². The SMILES string of the molecule is CCCCCCCCc1ccc(C([NH])=O)cc1. The van der Waals surface area contributed by atoms with Crippen LogP contribution in [0.3, 0.4) is 0 Å². The molecule has 93 valence electrons. The molecular formula is C15H22NO. The number of carbonyl (C=O) groups excluding carboxylic acids is 1. The van der Waals surface area contributed by atoms with Gasteiger partial charge in [-0.3, -0.25) is 10.5 Å². The summed E-state index contributed by atoms with van der Waals surface area (Å²) in [4.78, 5) is 10.8. The molecule has 0 saturated carbocycles. The number of amides is 1. The number of nitrogens with one attached hydrogen (secondary N) is 1. The molecule has 1 rings (SSSR count). The van der Waals surface area contributed by atoms with E-state index in [1.807, 2.05) is 12.1 Å². The van der Waals surface area contributed by atoms with Crippen LogP contribution in [0.1, 0.15) is 61.4 Å². The van der Waals surface area contributed by atoms with E-state index in [4.69, 9.17) is 5.73 Å². The first-order valence-electron chi connectivity index (χ1n) is 6.59. The average Bonchev–Trinajstić information content (AvgIpc) is 2.34. The van der Waals surface area contributed by atoms with Gasteiger partial charge in [0.1, 0.15) is 0 Å². The highest BCUT2D eigenvalue weighted by Crippen LogP contribution is 2.11. The van der Waals surface area contributed by atoms with Crippen LogP contribution in [0.2, 0.25) is 0 Å². The molecule has 0 aliphatic heterocycles. The van der Waals surface area contributed by atoms with Gasteiger partial charge in [-0.05, 0) is 30.5 Å². The largest absolute Gasteiger partial charge is 0.269 e. The van der Waals surface area contributed by atoms with Crippen molar-refractivity contribution in [2.75, 3.05) is 0 Å². The summed E-state index contributed by atoms with van der Waals surface area (Å²) in [5, 5.41) is 0. The second kappa shape index (κ2) is 7.88. The molecule has 1 amide bonds. The van der Waals surface area contributed by atoms with Crippen LogP contribution >= 0.6 is 0 Å². The zero-order valence-electron chi connectivity index (χ0n) is 10.7. The third-order valence-corrected chi connectivity index (χ3v) is 3.04. The Kier molecular flexibility index (Phi) is 6.38. The number of hydrogen-bond donors (Lipinski definition) is 0. The normalized spacial score (nSPS) is 10.4. The van der Waals surface area contributed by atoms with Crippen molar-refractivity contribution in [1.82, 2.24) is 5.73 Å². The summed E-state index contributed by atoms with van der Waals surface area (Å²) in [5.41, 5.74) is 8.73. The third kappa shape index (κ3) is 5.53. The Morgan fingerprint density at radius 1 is 1.00 bits per heavy atom. The van der Waals surface area contributed by atoms with Gasteiger partial charge in [-0.15, -0.1) is 0 Å². The zero-order valence-corrected chi connectivity index (χ0v) is 10.7. The fourth-order valence-electron chi connectivity index (χ4n) is 1.93. The smallest absolute Gasteiger partial charge is 0.267 e. The molecule has 0 unspecified atom stereocenters. The Morgan fingerprint density at radius 3 is 2.18 bits per heavy atom. The van der Waals surface area contributed by atoms with Gasteiger partial charge in [-0.2, -0.15) is 0 Å². The molecular weight excluding hydrogens is 210 g/mol. The Balaban J connectivity index is 2.21. The highest BCUT2D eigenvalue weighted by Gasteiger charge is 2.00. The predicted molar refractivity (Wildman–Crippen MR) is 70.9 cm³/mol. The summed E-state index contributed by atoms with van der Waals surface area (Å²) in [6.07, 6.45) is 8.92. The molecule has 17 heavy (non-hydrogen) atoms. The summed E-state index contributed by atoms with van der Waals surface area (Å²) < 4.78 is 0. The first-order valence-corrected chi connectivity index (χ1v) is 6.59. The highest BCUT2D eigenvalue weighted by molar-refractivity contribution is 5.92. The third-order valence-electron chi connectivity index (χ3n) is 3.04. The van der Waals surface area contributed by atoms with Crippen molar-refractivity contribution in [2.45, 2.75) is 51.9 Å². The lowest BCUT2D eigenvalue weighted by atomic mass is 10.0. The van der Waals surface area contributed by atoms with E-state index in [0.717, 1.165) is 6.42 Å². The summed E-state index contributed by atoms with van der Waals surface area (Å²) in [6.45, 7) is 2.23. The summed E-state index contributed by atoms with van der Waals surface area (Å²) in [5.74, 6) is -0.601. The molecule has 1 radical (unpaired) electrons. The maximum absolute atomic E-state index is 10.8. The van der Waals surface area contributed by atoms with Crippen molar-refractivity contribution in [2.24, 2.45) is 0 Å². The molecule has 0 heterocycles. The number of benzene rings is 1. The predicted octanol–water partition coefficient (Wildman–Crippen LogP) is 4.01. The molecule has 1 aromatic carbocycles. The van der Waals surface area contributed by atoms with Crippen LogP contribution in [-0.4, -0.2) is 5.91 Å².